The minimum atomic E-state index is 0.167. The maximum absolute atomic E-state index is 4.54. The molecule has 2 heteroatoms. The van der Waals surface area contributed by atoms with Crippen molar-refractivity contribution in [2.45, 2.75) is 25.7 Å². The standard InChI is InChI=1S/C15H20N2/c1-15(2,8-9-16-3)13-10-12-6-4-5-7-14(12)17-11-13/h4-7,10-11,16H,8-9H2,1-3H3. The van der Waals surface area contributed by atoms with Crippen molar-refractivity contribution in [3.63, 3.8) is 0 Å². The van der Waals surface area contributed by atoms with Gasteiger partial charge in [-0.3, -0.25) is 4.98 Å². The van der Waals surface area contributed by atoms with E-state index in [1.54, 1.807) is 0 Å². The van der Waals surface area contributed by atoms with Gasteiger partial charge in [0.1, 0.15) is 0 Å². The highest BCUT2D eigenvalue weighted by molar-refractivity contribution is 5.78. The van der Waals surface area contributed by atoms with Gasteiger partial charge in [-0.05, 0) is 43.1 Å². The quantitative estimate of drug-likeness (QED) is 0.869. The fourth-order valence-corrected chi connectivity index (χ4v) is 2.02. The molecule has 0 aliphatic carbocycles. The number of aromatic nitrogens is 1. The molecule has 2 nitrogen and oxygen atoms in total. The molecule has 1 aromatic heterocycles. The van der Waals surface area contributed by atoms with Gasteiger partial charge in [0.2, 0.25) is 0 Å². The molecule has 1 N–H and O–H groups in total. The van der Waals surface area contributed by atoms with Crippen LogP contribution in [-0.4, -0.2) is 18.6 Å². The summed E-state index contributed by atoms with van der Waals surface area (Å²) in [6.45, 7) is 5.58. The summed E-state index contributed by atoms with van der Waals surface area (Å²) in [5.74, 6) is 0. The molecule has 0 aliphatic rings. The summed E-state index contributed by atoms with van der Waals surface area (Å²) < 4.78 is 0. The van der Waals surface area contributed by atoms with Gasteiger partial charge in [-0.25, -0.2) is 0 Å². The Hall–Kier alpha value is -1.41. The maximum Gasteiger partial charge on any atom is 0.0702 e. The van der Waals surface area contributed by atoms with Crippen molar-refractivity contribution in [1.82, 2.24) is 10.3 Å². The van der Waals surface area contributed by atoms with Crippen molar-refractivity contribution >= 4 is 10.9 Å². The molecule has 0 amide bonds. The van der Waals surface area contributed by atoms with E-state index in [0.717, 1.165) is 18.5 Å². The van der Waals surface area contributed by atoms with E-state index >= 15 is 0 Å². The smallest absolute Gasteiger partial charge is 0.0702 e. The van der Waals surface area contributed by atoms with Crippen LogP contribution in [0, 0.1) is 0 Å². The van der Waals surface area contributed by atoms with E-state index in [0.29, 0.717) is 0 Å². The van der Waals surface area contributed by atoms with Gasteiger partial charge in [-0.2, -0.15) is 0 Å². The third-order valence-electron chi connectivity index (χ3n) is 3.37. The Kier molecular flexibility index (Phi) is 3.43. The van der Waals surface area contributed by atoms with Crippen LogP contribution >= 0.6 is 0 Å². The normalized spacial score (nSPS) is 11.9. The van der Waals surface area contributed by atoms with Gasteiger partial charge < -0.3 is 5.32 Å². The summed E-state index contributed by atoms with van der Waals surface area (Å²) in [5, 5.41) is 4.43. The first-order valence-electron chi connectivity index (χ1n) is 6.13. The largest absolute Gasteiger partial charge is 0.320 e. The fourth-order valence-electron chi connectivity index (χ4n) is 2.02. The van der Waals surface area contributed by atoms with Crippen molar-refractivity contribution in [2.75, 3.05) is 13.6 Å². The van der Waals surface area contributed by atoms with Gasteiger partial charge in [-0.1, -0.05) is 32.0 Å². The molecule has 0 unspecified atom stereocenters. The second-order valence-corrected chi connectivity index (χ2v) is 5.15. The van der Waals surface area contributed by atoms with E-state index in [9.17, 15) is 0 Å². The lowest BCUT2D eigenvalue weighted by Crippen LogP contribution is -2.23. The molecule has 1 aromatic carbocycles. The average Bonchev–Trinajstić information content (AvgIpc) is 2.36. The van der Waals surface area contributed by atoms with Crippen LogP contribution in [0.5, 0.6) is 0 Å². The lowest BCUT2D eigenvalue weighted by atomic mass is 9.82. The van der Waals surface area contributed by atoms with Crippen LogP contribution in [0.3, 0.4) is 0 Å². The molecule has 2 aromatic rings. The number of hydrogen-bond acceptors (Lipinski definition) is 2. The Morgan fingerprint density at radius 3 is 2.76 bits per heavy atom. The zero-order valence-corrected chi connectivity index (χ0v) is 10.8. The fraction of sp³-hybridized carbons (Fsp3) is 0.400. The first-order valence-corrected chi connectivity index (χ1v) is 6.13. The number of nitrogens with one attached hydrogen (secondary N) is 1. The molecule has 0 aliphatic heterocycles. The molecule has 0 fully saturated rings. The minimum Gasteiger partial charge on any atom is -0.320 e. The predicted octanol–water partition coefficient (Wildman–Crippen LogP) is 3.12. The van der Waals surface area contributed by atoms with E-state index < -0.39 is 0 Å². The molecule has 0 bridgehead atoms. The maximum atomic E-state index is 4.54. The molecule has 2 rings (SSSR count). The van der Waals surface area contributed by atoms with Gasteiger partial charge in [0.05, 0.1) is 5.52 Å². The Bertz CT molecular complexity index is 503. The van der Waals surface area contributed by atoms with Crippen molar-refractivity contribution in [1.29, 1.82) is 0 Å². The van der Waals surface area contributed by atoms with Crippen LogP contribution in [0.1, 0.15) is 25.8 Å². The number of pyridine rings is 1. The van der Waals surface area contributed by atoms with Gasteiger partial charge >= 0.3 is 0 Å². The average molecular weight is 228 g/mol. The van der Waals surface area contributed by atoms with Gasteiger partial charge in [-0.15, -0.1) is 0 Å². The van der Waals surface area contributed by atoms with Crippen molar-refractivity contribution in [3.8, 4) is 0 Å². The number of fused-ring (bicyclic) bond motifs is 1. The minimum absolute atomic E-state index is 0.167. The summed E-state index contributed by atoms with van der Waals surface area (Å²) in [7, 11) is 1.99. The van der Waals surface area contributed by atoms with E-state index in [1.165, 1.54) is 10.9 Å². The summed E-state index contributed by atoms with van der Waals surface area (Å²) in [5.41, 5.74) is 2.55. The molecule has 0 saturated carbocycles. The van der Waals surface area contributed by atoms with E-state index in [4.69, 9.17) is 0 Å². The van der Waals surface area contributed by atoms with Crippen LogP contribution in [0.2, 0.25) is 0 Å². The van der Waals surface area contributed by atoms with Crippen LogP contribution in [0.15, 0.2) is 36.5 Å². The summed E-state index contributed by atoms with van der Waals surface area (Å²) in [4.78, 5) is 4.54. The summed E-state index contributed by atoms with van der Waals surface area (Å²) in [6, 6.07) is 10.5. The van der Waals surface area contributed by atoms with E-state index in [2.05, 4.69) is 48.4 Å². The van der Waals surface area contributed by atoms with Gasteiger partial charge in [0.15, 0.2) is 0 Å². The molecule has 1 heterocycles. The van der Waals surface area contributed by atoms with Gasteiger partial charge in [0, 0.05) is 11.6 Å². The number of benzene rings is 1. The molecule has 0 saturated heterocycles. The van der Waals surface area contributed by atoms with Crippen LogP contribution in [-0.2, 0) is 5.41 Å². The topological polar surface area (TPSA) is 24.9 Å². The highest BCUT2D eigenvalue weighted by Crippen LogP contribution is 2.28. The predicted molar refractivity (Wildman–Crippen MR) is 73.3 cm³/mol. The van der Waals surface area contributed by atoms with Gasteiger partial charge in [0.25, 0.3) is 0 Å². The Balaban J connectivity index is 2.35. The highest BCUT2D eigenvalue weighted by atomic mass is 14.8. The van der Waals surface area contributed by atoms with Crippen LogP contribution in [0.25, 0.3) is 10.9 Å². The summed E-state index contributed by atoms with van der Waals surface area (Å²) in [6.07, 6.45) is 3.13. The Labute approximate surface area is 103 Å². The van der Waals surface area contributed by atoms with Crippen molar-refractivity contribution < 1.29 is 0 Å². The van der Waals surface area contributed by atoms with Crippen molar-refractivity contribution in [2.24, 2.45) is 0 Å². The summed E-state index contributed by atoms with van der Waals surface area (Å²) >= 11 is 0. The zero-order valence-electron chi connectivity index (χ0n) is 10.8. The number of nitrogens with zero attached hydrogens (tertiary/aromatic N) is 1. The molecule has 17 heavy (non-hydrogen) atoms. The first kappa shape index (κ1) is 12.1. The SMILES string of the molecule is CNCCC(C)(C)c1cnc2ccccc2c1. The second-order valence-electron chi connectivity index (χ2n) is 5.15. The monoisotopic (exact) mass is 228 g/mol. The highest BCUT2D eigenvalue weighted by Gasteiger charge is 2.20. The lowest BCUT2D eigenvalue weighted by molar-refractivity contribution is 0.468. The molecular weight excluding hydrogens is 208 g/mol. The van der Waals surface area contributed by atoms with E-state index in [1.807, 2.05) is 19.3 Å². The molecule has 0 spiro atoms. The number of para-hydroxylation sites is 1. The molecule has 90 valence electrons. The van der Waals surface area contributed by atoms with E-state index in [-0.39, 0.29) is 5.41 Å². The Morgan fingerprint density at radius 2 is 2.00 bits per heavy atom. The number of hydrogen-bond donors (Lipinski definition) is 1. The first-order chi connectivity index (χ1) is 8.13. The second kappa shape index (κ2) is 4.84. The third kappa shape index (κ3) is 2.64. The third-order valence-corrected chi connectivity index (χ3v) is 3.37. The zero-order chi connectivity index (χ0) is 12.3. The van der Waals surface area contributed by atoms with Crippen molar-refractivity contribution in [3.05, 3.63) is 42.1 Å². The number of rotatable bonds is 4. The molecule has 0 radical (unpaired) electrons. The molecular formula is C15H20N2. The molecule has 0 atom stereocenters. The van der Waals surface area contributed by atoms with Crippen LogP contribution in [0.4, 0.5) is 0 Å². The van der Waals surface area contributed by atoms with Crippen LogP contribution < -0.4 is 5.32 Å². The lowest BCUT2D eigenvalue weighted by Gasteiger charge is -2.25. The Morgan fingerprint density at radius 1 is 1.24 bits per heavy atom.